The van der Waals surface area contributed by atoms with Gasteiger partial charge in [0.1, 0.15) is 17.5 Å². The summed E-state index contributed by atoms with van der Waals surface area (Å²) in [6.45, 7) is 3.61. The number of alkyl halides is 1. The number of aromatic nitrogens is 3. The summed E-state index contributed by atoms with van der Waals surface area (Å²) in [7, 11) is 0. The molecule has 0 saturated carbocycles. The first kappa shape index (κ1) is 38.5. The number of benzene rings is 1. The van der Waals surface area contributed by atoms with Gasteiger partial charge in [-0.25, -0.2) is 28.9 Å². The second-order valence-corrected chi connectivity index (χ2v) is 11.7. The minimum absolute atomic E-state index is 0.119. The largest absolute Gasteiger partial charge is 0.481 e. The monoisotopic (exact) mass is 686 g/mol. The van der Waals surface area contributed by atoms with Crippen molar-refractivity contribution in [3.05, 3.63) is 47.8 Å². The first-order valence-electron chi connectivity index (χ1n) is 16.2. The van der Waals surface area contributed by atoms with E-state index in [1.165, 1.54) is 13.8 Å². The Morgan fingerprint density at radius 1 is 0.918 bits per heavy atom. The smallest absolute Gasteiger partial charge is 0.335 e. The Hall–Kier alpha value is -4.99. The van der Waals surface area contributed by atoms with Crippen LogP contribution in [-0.4, -0.2) is 108 Å². The Labute approximate surface area is 282 Å². The molecule has 2 atom stereocenters. The lowest BCUT2D eigenvalue weighted by Gasteiger charge is -2.46. The van der Waals surface area contributed by atoms with Gasteiger partial charge in [-0.15, -0.1) is 5.10 Å². The van der Waals surface area contributed by atoms with Gasteiger partial charge in [0.25, 0.3) is 0 Å². The number of nitrogens with one attached hydrogen (secondary N) is 1. The predicted octanol–water partition coefficient (Wildman–Crippen LogP) is 3.31. The van der Waals surface area contributed by atoms with Gasteiger partial charge in [0.2, 0.25) is 11.8 Å². The summed E-state index contributed by atoms with van der Waals surface area (Å²) in [4.78, 5) is 77.2. The Morgan fingerprint density at radius 3 is 2.08 bits per heavy atom. The van der Waals surface area contributed by atoms with Crippen LogP contribution in [0.4, 0.5) is 9.18 Å². The van der Waals surface area contributed by atoms with Crippen LogP contribution < -0.4 is 5.32 Å². The van der Waals surface area contributed by atoms with Crippen molar-refractivity contribution in [2.24, 2.45) is 5.41 Å². The molecular formula is C33H43FN6O9. The number of carbonyl (C=O) groups excluding carboxylic acids is 3. The second-order valence-electron chi connectivity index (χ2n) is 11.7. The number of barbiturate groups is 1. The molecule has 2 heterocycles. The van der Waals surface area contributed by atoms with E-state index in [4.69, 9.17) is 5.11 Å². The maximum atomic E-state index is 13.6. The van der Waals surface area contributed by atoms with Crippen molar-refractivity contribution in [2.75, 3.05) is 19.8 Å². The molecule has 3 rings (SSSR count). The van der Waals surface area contributed by atoms with Crippen LogP contribution in [0.3, 0.4) is 0 Å². The van der Waals surface area contributed by atoms with Gasteiger partial charge in [-0.1, -0.05) is 43.3 Å². The van der Waals surface area contributed by atoms with Crippen molar-refractivity contribution in [1.82, 2.24) is 30.1 Å². The molecule has 1 aliphatic rings. The highest BCUT2D eigenvalue weighted by Gasteiger charge is 2.59. The Kier molecular flexibility index (Phi) is 14.1. The minimum atomic E-state index is -1.89. The van der Waals surface area contributed by atoms with E-state index in [1.54, 1.807) is 10.9 Å². The predicted molar refractivity (Wildman–Crippen MR) is 173 cm³/mol. The van der Waals surface area contributed by atoms with E-state index in [9.17, 15) is 43.4 Å². The molecule has 0 aliphatic carbocycles. The minimum Gasteiger partial charge on any atom is -0.481 e. The zero-order valence-electron chi connectivity index (χ0n) is 27.6. The number of aryl methyl sites for hydroxylation is 1. The molecule has 1 aromatic carbocycles. The highest BCUT2D eigenvalue weighted by Crippen LogP contribution is 2.39. The summed E-state index contributed by atoms with van der Waals surface area (Å²) >= 11 is 0. The number of carboxylic acid groups (broad SMARTS) is 3. The summed E-state index contributed by atoms with van der Waals surface area (Å²) in [5.41, 5.74) is 0.607. The van der Waals surface area contributed by atoms with E-state index in [0.717, 1.165) is 16.9 Å². The molecule has 0 spiro atoms. The van der Waals surface area contributed by atoms with Crippen LogP contribution in [0.25, 0.3) is 11.8 Å². The number of urea groups is 1. The zero-order valence-corrected chi connectivity index (χ0v) is 27.6. The number of rotatable bonds is 21. The third kappa shape index (κ3) is 9.34. The van der Waals surface area contributed by atoms with Gasteiger partial charge in [0, 0.05) is 13.0 Å². The zero-order chi connectivity index (χ0) is 36.1. The van der Waals surface area contributed by atoms with Crippen molar-refractivity contribution in [1.29, 1.82) is 0 Å². The number of carboxylic acids is 3. The lowest BCUT2D eigenvalue weighted by atomic mass is 9.77. The maximum Gasteiger partial charge on any atom is 0.335 e. The molecule has 0 unspecified atom stereocenters. The molecule has 0 radical (unpaired) electrons. The Balaban J connectivity index is 1.58. The van der Waals surface area contributed by atoms with Crippen LogP contribution in [0.2, 0.25) is 0 Å². The Morgan fingerprint density at radius 2 is 1.53 bits per heavy atom. The van der Waals surface area contributed by atoms with E-state index >= 15 is 0 Å². The summed E-state index contributed by atoms with van der Waals surface area (Å²) in [6.07, 6.45) is 5.63. The summed E-state index contributed by atoms with van der Waals surface area (Å²) in [5, 5.41) is 40.3. The van der Waals surface area contributed by atoms with E-state index in [1.807, 2.05) is 36.4 Å². The lowest BCUT2D eigenvalue weighted by Crippen LogP contribution is -2.70. The summed E-state index contributed by atoms with van der Waals surface area (Å²) < 4.78 is 14.0. The number of nitrogens with zero attached hydrogens (tertiary/aromatic N) is 5. The molecule has 16 heteroatoms. The number of hydrogen-bond acceptors (Lipinski definition) is 9. The van der Waals surface area contributed by atoms with Crippen molar-refractivity contribution < 1.29 is 48.5 Å². The average Bonchev–Trinajstić information content (AvgIpc) is 3.55. The van der Waals surface area contributed by atoms with Gasteiger partial charge in [0.15, 0.2) is 0 Å². The fourth-order valence-electron chi connectivity index (χ4n) is 5.73. The number of hydrogen-bond donors (Lipinski definition) is 4. The molecule has 4 N–H and O–H groups in total. The number of amides is 4. The van der Waals surface area contributed by atoms with Crippen LogP contribution in [0.15, 0.2) is 36.5 Å². The number of halogens is 1. The van der Waals surface area contributed by atoms with Crippen LogP contribution in [0.5, 0.6) is 0 Å². The lowest BCUT2D eigenvalue weighted by molar-refractivity contribution is -0.170. The Bertz CT molecular complexity index is 1520. The van der Waals surface area contributed by atoms with Gasteiger partial charge in [-0.2, -0.15) is 0 Å². The van der Waals surface area contributed by atoms with Crippen molar-refractivity contribution in [2.45, 2.75) is 83.7 Å². The standard InChI is InChI=1S/C33H43FN6O9/c1-3-33(4-2)30(47)39(32(49)40(31(33)48)26(29(45)46)16-17-27(41)42)25(28(43)44)11-5-6-19-35-20-8-9-22-12-14-24(15-13-22)38-21-23(36-37-38)10-7-18-34/h8-9,12-15,21,25-26,35H,3-7,10-11,16-20H2,1-2H3,(H,41,42)(H,43,44)(H,45,46)/t25-,26-/m0/s1. The van der Waals surface area contributed by atoms with Crippen molar-refractivity contribution >= 4 is 41.8 Å². The molecule has 1 aromatic heterocycles. The molecule has 1 aliphatic heterocycles. The van der Waals surface area contributed by atoms with E-state index in [-0.39, 0.29) is 25.7 Å². The van der Waals surface area contributed by atoms with Gasteiger partial charge in [-0.3, -0.25) is 18.8 Å². The van der Waals surface area contributed by atoms with Crippen molar-refractivity contribution in [3.63, 3.8) is 0 Å². The van der Waals surface area contributed by atoms with Crippen LogP contribution in [0.1, 0.15) is 76.5 Å². The van der Waals surface area contributed by atoms with E-state index in [0.29, 0.717) is 42.2 Å². The first-order chi connectivity index (χ1) is 23.4. The summed E-state index contributed by atoms with van der Waals surface area (Å²) in [5.74, 6) is -6.56. The summed E-state index contributed by atoms with van der Waals surface area (Å²) in [6, 6.07) is 2.66. The highest BCUT2D eigenvalue weighted by atomic mass is 19.1. The number of imide groups is 2. The fourth-order valence-corrected chi connectivity index (χ4v) is 5.73. The van der Waals surface area contributed by atoms with Gasteiger partial charge in [-0.05, 0) is 75.6 Å². The second kappa shape index (κ2) is 18.0. The fraction of sp³-hybridized carbons (Fsp3) is 0.515. The molecule has 1 fully saturated rings. The SMILES string of the molecule is CCC1(CC)C(=O)N([C@@H](CCCCNCC=Cc2ccc(-n3cc(CCCF)nn3)cc2)C(=O)O)C(=O)N([C@@H](CCC(=O)O)C(=O)O)C1=O. The van der Waals surface area contributed by atoms with Crippen LogP contribution in [0, 0.1) is 5.41 Å². The average molecular weight is 687 g/mol. The quantitative estimate of drug-likeness (QED) is 0.110. The molecule has 49 heavy (non-hydrogen) atoms. The number of unbranched alkanes of at least 4 members (excludes halogenated alkanes) is 1. The normalized spacial score (nSPS) is 15.9. The van der Waals surface area contributed by atoms with E-state index in [2.05, 4.69) is 15.6 Å². The van der Waals surface area contributed by atoms with Gasteiger partial charge >= 0.3 is 23.9 Å². The first-order valence-corrected chi connectivity index (χ1v) is 16.2. The highest BCUT2D eigenvalue weighted by molar-refractivity contribution is 6.21. The number of carbonyl (C=O) groups is 6. The third-order valence-electron chi connectivity index (χ3n) is 8.62. The third-order valence-corrected chi connectivity index (χ3v) is 8.62. The molecule has 0 bridgehead atoms. The van der Waals surface area contributed by atoms with Gasteiger partial charge < -0.3 is 20.6 Å². The van der Waals surface area contributed by atoms with E-state index < -0.39 is 72.8 Å². The number of aliphatic carboxylic acids is 3. The topological polar surface area (TPSA) is 212 Å². The molecule has 1 saturated heterocycles. The van der Waals surface area contributed by atoms with Crippen LogP contribution in [-0.2, 0) is 30.4 Å². The van der Waals surface area contributed by atoms with Crippen molar-refractivity contribution in [3.8, 4) is 5.69 Å². The molecule has 266 valence electrons. The van der Waals surface area contributed by atoms with Crippen LogP contribution >= 0.6 is 0 Å². The molecule has 4 amide bonds. The maximum absolute atomic E-state index is 13.6. The molecule has 15 nitrogen and oxygen atoms in total. The van der Waals surface area contributed by atoms with Gasteiger partial charge in [0.05, 0.1) is 24.3 Å². The molecular weight excluding hydrogens is 643 g/mol. The molecule has 2 aromatic rings.